The van der Waals surface area contributed by atoms with Gasteiger partial charge in [0, 0.05) is 28.8 Å². The van der Waals surface area contributed by atoms with E-state index in [1.807, 2.05) is 18.4 Å². The number of hydrogen-bond donors (Lipinski definition) is 1. The molecule has 1 aromatic heterocycles. The molecule has 0 aliphatic carbocycles. The first-order valence-electron chi connectivity index (χ1n) is 5.14. The van der Waals surface area contributed by atoms with Crippen LogP contribution < -0.4 is 5.32 Å². The normalized spacial score (nSPS) is 27.0. The SMILES string of the molecule is CNCC1CCOC1c1ccc(C)s1. The highest BCUT2D eigenvalue weighted by molar-refractivity contribution is 7.12. The molecule has 1 fully saturated rings. The second-order valence-electron chi connectivity index (χ2n) is 3.85. The average Bonchev–Trinajstić information content (AvgIpc) is 2.74. The van der Waals surface area contributed by atoms with Crippen molar-refractivity contribution in [3.8, 4) is 0 Å². The largest absolute Gasteiger partial charge is 0.372 e. The van der Waals surface area contributed by atoms with Crippen LogP contribution in [0.5, 0.6) is 0 Å². The molecule has 0 bridgehead atoms. The smallest absolute Gasteiger partial charge is 0.0957 e. The molecule has 0 aromatic carbocycles. The molecule has 1 N–H and O–H groups in total. The topological polar surface area (TPSA) is 21.3 Å². The van der Waals surface area contributed by atoms with Gasteiger partial charge in [0.2, 0.25) is 0 Å². The number of thiophene rings is 1. The maximum atomic E-state index is 5.79. The third-order valence-electron chi connectivity index (χ3n) is 2.72. The summed E-state index contributed by atoms with van der Waals surface area (Å²) in [6.07, 6.45) is 1.52. The fraction of sp³-hybridized carbons (Fsp3) is 0.636. The molecule has 2 heterocycles. The number of ether oxygens (including phenoxy) is 1. The lowest BCUT2D eigenvalue weighted by molar-refractivity contribution is 0.0938. The highest BCUT2D eigenvalue weighted by Gasteiger charge is 2.29. The third kappa shape index (κ3) is 2.00. The molecular weight excluding hydrogens is 194 g/mol. The summed E-state index contributed by atoms with van der Waals surface area (Å²) in [6.45, 7) is 4.12. The summed E-state index contributed by atoms with van der Waals surface area (Å²) in [6, 6.07) is 4.39. The summed E-state index contributed by atoms with van der Waals surface area (Å²) in [5.41, 5.74) is 0. The Bertz CT molecular complexity index is 297. The first kappa shape index (κ1) is 10.1. The molecule has 78 valence electrons. The van der Waals surface area contributed by atoms with Gasteiger partial charge in [0.05, 0.1) is 6.10 Å². The fourth-order valence-corrected chi connectivity index (χ4v) is 3.05. The molecule has 0 radical (unpaired) electrons. The summed E-state index contributed by atoms with van der Waals surface area (Å²) in [5, 5.41) is 3.24. The number of aryl methyl sites for hydroxylation is 1. The van der Waals surface area contributed by atoms with Crippen LogP contribution in [0.2, 0.25) is 0 Å². The van der Waals surface area contributed by atoms with Crippen molar-refractivity contribution in [3.05, 3.63) is 21.9 Å². The first-order chi connectivity index (χ1) is 6.81. The van der Waals surface area contributed by atoms with Crippen molar-refractivity contribution < 1.29 is 4.74 Å². The van der Waals surface area contributed by atoms with Crippen LogP contribution in [-0.4, -0.2) is 20.2 Å². The molecule has 1 aliphatic heterocycles. The van der Waals surface area contributed by atoms with Crippen molar-refractivity contribution in [2.45, 2.75) is 19.4 Å². The summed E-state index contributed by atoms with van der Waals surface area (Å²) < 4.78 is 5.79. The van der Waals surface area contributed by atoms with Crippen LogP contribution in [0.3, 0.4) is 0 Å². The molecule has 1 aliphatic rings. The summed E-state index contributed by atoms with van der Waals surface area (Å²) >= 11 is 1.86. The number of rotatable bonds is 3. The predicted molar refractivity (Wildman–Crippen MR) is 59.8 cm³/mol. The van der Waals surface area contributed by atoms with Crippen LogP contribution in [0.15, 0.2) is 12.1 Å². The van der Waals surface area contributed by atoms with Crippen LogP contribution in [0.1, 0.15) is 22.3 Å². The molecule has 2 nitrogen and oxygen atoms in total. The average molecular weight is 211 g/mol. The highest BCUT2D eigenvalue weighted by Crippen LogP contribution is 2.37. The predicted octanol–water partition coefficient (Wildman–Crippen LogP) is 2.35. The fourth-order valence-electron chi connectivity index (χ4n) is 2.03. The molecule has 1 saturated heterocycles. The summed E-state index contributed by atoms with van der Waals surface area (Å²) in [4.78, 5) is 2.76. The zero-order valence-electron chi connectivity index (χ0n) is 8.75. The maximum Gasteiger partial charge on any atom is 0.0957 e. The van der Waals surface area contributed by atoms with E-state index in [1.54, 1.807) is 0 Å². The Morgan fingerprint density at radius 2 is 2.43 bits per heavy atom. The van der Waals surface area contributed by atoms with Gasteiger partial charge in [-0.1, -0.05) is 0 Å². The Morgan fingerprint density at radius 1 is 1.57 bits per heavy atom. The van der Waals surface area contributed by atoms with Crippen LogP contribution >= 0.6 is 11.3 Å². The standard InChI is InChI=1S/C11H17NOS/c1-8-3-4-10(14-8)11-9(7-12-2)5-6-13-11/h3-4,9,11-12H,5-7H2,1-2H3. The van der Waals surface area contributed by atoms with Crippen LogP contribution in [-0.2, 0) is 4.74 Å². The molecule has 3 heteroatoms. The van der Waals surface area contributed by atoms with Crippen molar-refractivity contribution in [1.29, 1.82) is 0 Å². The van der Waals surface area contributed by atoms with Gasteiger partial charge >= 0.3 is 0 Å². The van der Waals surface area contributed by atoms with Gasteiger partial charge in [-0.2, -0.15) is 0 Å². The quantitative estimate of drug-likeness (QED) is 0.828. The molecular formula is C11H17NOS. The Kier molecular flexibility index (Phi) is 3.21. The van der Waals surface area contributed by atoms with Crippen molar-refractivity contribution in [2.24, 2.45) is 5.92 Å². The monoisotopic (exact) mass is 211 g/mol. The molecule has 0 saturated carbocycles. The number of nitrogens with one attached hydrogen (secondary N) is 1. The van der Waals surface area contributed by atoms with Crippen molar-refractivity contribution in [3.63, 3.8) is 0 Å². The van der Waals surface area contributed by atoms with E-state index in [0.717, 1.165) is 13.2 Å². The van der Waals surface area contributed by atoms with Gasteiger partial charge in [-0.25, -0.2) is 0 Å². The lowest BCUT2D eigenvalue weighted by Gasteiger charge is -2.16. The second-order valence-corrected chi connectivity index (χ2v) is 5.17. The van der Waals surface area contributed by atoms with Crippen molar-refractivity contribution in [2.75, 3.05) is 20.2 Å². The minimum absolute atomic E-state index is 0.334. The Morgan fingerprint density at radius 3 is 3.07 bits per heavy atom. The molecule has 2 atom stereocenters. The van der Waals surface area contributed by atoms with E-state index in [-0.39, 0.29) is 0 Å². The zero-order chi connectivity index (χ0) is 9.97. The summed E-state index contributed by atoms with van der Waals surface area (Å²) in [7, 11) is 2.01. The van der Waals surface area contributed by atoms with Gasteiger partial charge in [-0.05, 0) is 32.5 Å². The molecule has 2 unspecified atom stereocenters. The van der Waals surface area contributed by atoms with Gasteiger partial charge in [-0.3, -0.25) is 0 Å². The van der Waals surface area contributed by atoms with Crippen LogP contribution in [0, 0.1) is 12.8 Å². The molecule has 14 heavy (non-hydrogen) atoms. The Balaban J connectivity index is 2.09. The summed E-state index contributed by atoms with van der Waals surface area (Å²) in [5.74, 6) is 0.651. The molecule has 1 aromatic rings. The van der Waals surface area contributed by atoms with Gasteiger partial charge in [-0.15, -0.1) is 11.3 Å². The van der Waals surface area contributed by atoms with E-state index in [0.29, 0.717) is 12.0 Å². The molecule has 2 rings (SSSR count). The van der Waals surface area contributed by atoms with Gasteiger partial charge < -0.3 is 10.1 Å². The van der Waals surface area contributed by atoms with Crippen LogP contribution in [0.25, 0.3) is 0 Å². The first-order valence-corrected chi connectivity index (χ1v) is 5.95. The van der Waals surface area contributed by atoms with E-state index < -0.39 is 0 Å². The van der Waals surface area contributed by atoms with E-state index in [2.05, 4.69) is 24.4 Å². The van der Waals surface area contributed by atoms with E-state index >= 15 is 0 Å². The van der Waals surface area contributed by atoms with Gasteiger partial charge in [0.25, 0.3) is 0 Å². The number of hydrogen-bond acceptors (Lipinski definition) is 3. The van der Waals surface area contributed by atoms with Crippen molar-refractivity contribution in [1.82, 2.24) is 5.32 Å². The minimum atomic E-state index is 0.334. The Hall–Kier alpha value is -0.380. The maximum absolute atomic E-state index is 5.79. The molecule has 0 amide bonds. The van der Waals surface area contributed by atoms with Gasteiger partial charge in [0.1, 0.15) is 0 Å². The van der Waals surface area contributed by atoms with Crippen LogP contribution in [0.4, 0.5) is 0 Å². The van der Waals surface area contributed by atoms with E-state index in [4.69, 9.17) is 4.74 Å². The van der Waals surface area contributed by atoms with Crippen molar-refractivity contribution >= 4 is 11.3 Å². The lowest BCUT2D eigenvalue weighted by Crippen LogP contribution is -2.20. The van der Waals surface area contributed by atoms with E-state index in [9.17, 15) is 0 Å². The van der Waals surface area contributed by atoms with Gasteiger partial charge in [0.15, 0.2) is 0 Å². The highest BCUT2D eigenvalue weighted by atomic mass is 32.1. The minimum Gasteiger partial charge on any atom is -0.372 e. The molecule has 0 spiro atoms. The Labute approximate surface area is 89.3 Å². The third-order valence-corrected chi connectivity index (χ3v) is 3.78. The van der Waals surface area contributed by atoms with E-state index in [1.165, 1.54) is 16.2 Å². The second kappa shape index (κ2) is 4.43. The zero-order valence-corrected chi connectivity index (χ0v) is 9.56. The lowest BCUT2D eigenvalue weighted by atomic mass is 10.0.